The van der Waals surface area contributed by atoms with E-state index in [9.17, 15) is 9.59 Å². The number of amides is 1. The lowest BCUT2D eigenvalue weighted by Gasteiger charge is -2.22. The van der Waals surface area contributed by atoms with Crippen LogP contribution in [0.2, 0.25) is 0 Å². The molecule has 1 rings (SSSR count). The fourth-order valence-electron chi connectivity index (χ4n) is 2.00. The minimum Gasteiger partial charge on any atom is -0.480 e. The molecule has 1 aliphatic rings. The molecule has 1 atom stereocenters. The molecule has 0 bridgehead atoms. The smallest absolute Gasteiger partial charge is 0.326 e. The number of carboxylic acid groups (broad SMARTS) is 1. The molecule has 3 N–H and O–H groups in total. The van der Waals surface area contributed by atoms with Crippen molar-refractivity contribution in [1.29, 1.82) is 0 Å². The zero-order valence-electron chi connectivity index (χ0n) is 11.1. The van der Waals surface area contributed by atoms with Crippen molar-refractivity contribution in [2.45, 2.75) is 26.3 Å². The van der Waals surface area contributed by atoms with Crippen LogP contribution < -0.4 is 10.6 Å². The van der Waals surface area contributed by atoms with Gasteiger partial charge in [-0.25, -0.2) is 4.79 Å². The Kier molecular flexibility index (Phi) is 6.07. The Balaban J connectivity index is 2.41. The molecule has 0 spiro atoms. The van der Waals surface area contributed by atoms with Crippen LogP contribution in [0.3, 0.4) is 0 Å². The van der Waals surface area contributed by atoms with Gasteiger partial charge in [0.2, 0.25) is 5.91 Å². The van der Waals surface area contributed by atoms with Crippen molar-refractivity contribution in [2.24, 2.45) is 5.92 Å². The molecule has 1 saturated heterocycles. The molecule has 0 saturated carbocycles. The van der Waals surface area contributed by atoms with E-state index in [1.54, 1.807) is 13.8 Å². The highest BCUT2D eigenvalue weighted by Crippen LogP contribution is 2.02. The minimum absolute atomic E-state index is 0.114. The molecule has 1 fully saturated rings. The number of carbonyl (C=O) groups excluding carboxylic acids is 1. The van der Waals surface area contributed by atoms with E-state index >= 15 is 0 Å². The van der Waals surface area contributed by atoms with E-state index in [1.807, 2.05) is 0 Å². The highest BCUT2D eigenvalue weighted by molar-refractivity contribution is 5.84. The lowest BCUT2D eigenvalue weighted by atomic mass is 10.0. The predicted octanol–water partition coefficient (Wildman–Crippen LogP) is -0.493. The summed E-state index contributed by atoms with van der Waals surface area (Å²) < 4.78 is 0. The van der Waals surface area contributed by atoms with Crippen LogP contribution in [0, 0.1) is 5.92 Å². The standard InChI is InChI=1S/C12H23N3O3/c1-9(2)11(12(17)18)14-10(16)8-15-6-3-4-13-5-7-15/h9,11,13H,3-8H2,1-2H3,(H,14,16)(H,17,18). The Hall–Kier alpha value is -1.14. The molecule has 6 nitrogen and oxygen atoms in total. The zero-order chi connectivity index (χ0) is 13.5. The summed E-state index contributed by atoms with van der Waals surface area (Å²) in [6, 6.07) is -0.803. The lowest BCUT2D eigenvalue weighted by Crippen LogP contribution is -2.48. The van der Waals surface area contributed by atoms with Crippen LogP contribution in [-0.4, -0.2) is 60.6 Å². The van der Waals surface area contributed by atoms with Gasteiger partial charge in [-0.05, 0) is 25.4 Å². The van der Waals surface area contributed by atoms with Gasteiger partial charge in [-0.3, -0.25) is 9.69 Å². The van der Waals surface area contributed by atoms with Gasteiger partial charge in [0.05, 0.1) is 6.54 Å². The molecule has 0 aromatic heterocycles. The van der Waals surface area contributed by atoms with Crippen molar-refractivity contribution in [1.82, 2.24) is 15.5 Å². The molecule has 1 heterocycles. The number of aliphatic carboxylic acids is 1. The van der Waals surface area contributed by atoms with Gasteiger partial charge in [0.15, 0.2) is 0 Å². The third-order valence-electron chi connectivity index (χ3n) is 3.05. The summed E-state index contributed by atoms with van der Waals surface area (Å²) in [4.78, 5) is 24.8. The van der Waals surface area contributed by atoms with Gasteiger partial charge in [-0.15, -0.1) is 0 Å². The largest absolute Gasteiger partial charge is 0.480 e. The molecule has 0 radical (unpaired) electrons. The maximum Gasteiger partial charge on any atom is 0.326 e. The molecule has 104 valence electrons. The number of hydrogen-bond acceptors (Lipinski definition) is 4. The zero-order valence-corrected chi connectivity index (χ0v) is 11.1. The van der Waals surface area contributed by atoms with Crippen molar-refractivity contribution in [2.75, 3.05) is 32.7 Å². The maximum absolute atomic E-state index is 11.8. The van der Waals surface area contributed by atoms with Gasteiger partial charge in [0, 0.05) is 13.1 Å². The average Bonchev–Trinajstić information content (AvgIpc) is 2.53. The highest BCUT2D eigenvalue weighted by Gasteiger charge is 2.24. The number of nitrogens with zero attached hydrogens (tertiary/aromatic N) is 1. The molecule has 0 aliphatic carbocycles. The van der Waals surface area contributed by atoms with E-state index < -0.39 is 12.0 Å². The first kappa shape index (κ1) is 14.9. The van der Waals surface area contributed by atoms with Crippen LogP contribution in [0.1, 0.15) is 20.3 Å². The number of carbonyl (C=O) groups is 2. The van der Waals surface area contributed by atoms with Crippen molar-refractivity contribution in [3.63, 3.8) is 0 Å². The second-order valence-electron chi connectivity index (χ2n) is 5.01. The fraction of sp³-hybridized carbons (Fsp3) is 0.833. The van der Waals surface area contributed by atoms with E-state index in [2.05, 4.69) is 15.5 Å². The summed E-state index contributed by atoms with van der Waals surface area (Å²) in [7, 11) is 0. The highest BCUT2D eigenvalue weighted by atomic mass is 16.4. The monoisotopic (exact) mass is 257 g/mol. The normalized spacial score (nSPS) is 19.3. The van der Waals surface area contributed by atoms with Crippen molar-refractivity contribution >= 4 is 11.9 Å². The summed E-state index contributed by atoms with van der Waals surface area (Å²) in [5.41, 5.74) is 0. The maximum atomic E-state index is 11.8. The average molecular weight is 257 g/mol. The summed E-state index contributed by atoms with van der Waals surface area (Å²) in [5, 5.41) is 14.8. The molecule has 18 heavy (non-hydrogen) atoms. The van der Waals surface area contributed by atoms with Crippen LogP contribution in [0.5, 0.6) is 0 Å². The fourth-order valence-corrected chi connectivity index (χ4v) is 2.00. The summed E-state index contributed by atoms with van der Waals surface area (Å²) >= 11 is 0. The quantitative estimate of drug-likeness (QED) is 0.619. The second kappa shape index (κ2) is 7.33. The van der Waals surface area contributed by atoms with Crippen molar-refractivity contribution in [3.8, 4) is 0 Å². The third kappa shape index (κ3) is 5.01. The van der Waals surface area contributed by atoms with Gasteiger partial charge < -0.3 is 15.7 Å². The van der Waals surface area contributed by atoms with Crippen molar-refractivity contribution < 1.29 is 14.7 Å². The number of carboxylic acids is 1. The van der Waals surface area contributed by atoms with E-state index in [4.69, 9.17) is 5.11 Å². The Morgan fingerprint density at radius 1 is 1.33 bits per heavy atom. The van der Waals surface area contributed by atoms with E-state index in [-0.39, 0.29) is 18.4 Å². The molecule has 1 unspecified atom stereocenters. The Bertz CT molecular complexity index is 286. The van der Waals surface area contributed by atoms with E-state index in [0.717, 1.165) is 32.6 Å². The van der Waals surface area contributed by atoms with Crippen LogP contribution in [0.15, 0.2) is 0 Å². The van der Waals surface area contributed by atoms with Crippen LogP contribution in [-0.2, 0) is 9.59 Å². The first-order valence-electron chi connectivity index (χ1n) is 6.46. The molecular formula is C12H23N3O3. The lowest BCUT2D eigenvalue weighted by molar-refractivity contribution is -0.143. The van der Waals surface area contributed by atoms with Gasteiger partial charge in [-0.2, -0.15) is 0 Å². The van der Waals surface area contributed by atoms with Crippen LogP contribution in [0.25, 0.3) is 0 Å². The molecule has 0 aromatic rings. The third-order valence-corrected chi connectivity index (χ3v) is 3.05. The first-order valence-corrected chi connectivity index (χ1v) is 6.46. The molecule has 6 heteroatoms. The number of hydrogen-bond donors (Lipinski definition) is 3. The summed E-state index contributed by atoms with van der Waals surface area (Å²) in [6.07, 6.45) is 1.01. The van der Waals surface area contributed by atoms with Crippen molar-refractivity contribution in [3.05, 3.63) is 0 Å². The van der Waals surface area contributed by atoms with Gasteiger partial charge in [0.25, 0.3) is 0 Å². The molecule has 0 aromatic carbocycles. The Labute approximate surface area is 108 Å². The van der Waals surface area contributed by atoms with Crippen LogP contribution in [0.4, 0.5) is 0 Å². The summed E-state index contributed by atoms with van der Waals surface area (Å²) in [6.45, 7) is 7.40. The van der Waals surface area contributed by atoms with Gasteiger partial charge in [0.1, 0.15) is 6.04 Å². The first-order chi connectivity index (χ1) is 8.50. The number of rotatable bonds is 5. The minimum atomic E-state index is -0.976. The van der Waals surface area contributed by atoms with E-state index in [0.29, 0.717) is 0 Å². The second-order valence-corrected chi connectivity index (χ2v) is 5.01. The molecule has 1 amide bonds. The molecule has 1 aliphatic heterocycles. The van der Waals surface area contributed by atoms with Crippen LogP contribution >= 0.6 is 0 Å². The predicted molar refractivity (Wildman–Crippen MR) is 68.3 cm³/mol. The SMILES string of the molecule is CC(C)C(NC(=O)CN1CCCNCC1)C(=O)O. The Morgan fingerprint density at radius 3 is 2.67 bits per heavy atom. The van der Waals surface area contributed by atoms with E-state index in [1.165, 1.54) is 0 Å². The Morgan fingerprint density at radius 2 is 2.06 bits per heavy atom. The summed E-state index contributed by atoms with van der Waals surface area (Å²) in [5.74, 6) is -1.30. The van der Waals surface area contributed by atoms with Gasteiger partial charge >= 0.3 is 5.97 Å². The topological polar surface area (TPSA) is 81.7 Å². The van der Waals surface area contributed by atoms with Gasteiger partial charge in [-0.1, -0.05) is 13.8 Å². The number of nitrogens with one attached hydrogen (secondary N) is 2. The molecular weight excluding hydrogens is 234 g/mol.